The Kier molecular flexibility index (Phi) is 5.59. The Morgan fingerprint density at radius 3 is 2.58 bits per heavy atom. The molecular weight excluding hydrogens is 344 g/mol. The summed E-state index contributed by atoms with van der Waals surface area (Å²) < 4.78 is 16.1. The highest BCUT2D eigenvalue weighted by atomic mass is 16.7. The topological polar surface area (TPSA) is 130 Å². The zero-order valence-corrected chi connectivity index (χ0v) is 14.2. The van der Waals surface area contributed by atoms with Crippen molar-refractivity contribution in [3.63, 3.8) is 0 Å². The van der Waals surface area contributed by atoms with Crippen LogP contribution in [0, 0.1) is 0 Å². The predicted octanol–water partition coefficient (Wildman–Crippen LogP) is -0.0758. The van der Waals surface area contributed by atoms with Crippen molar-refractivity contribution in [1.29, 1.82) is 0 Å². The van der Waals surface area contributed by atoms with Crippen LogP contribution in [0.2, 0.25) is 0 Å². The van der Waals surface area contributed by atoms with E-state index in [2.05, 4.69) is 0 Å². The smallest absolute Gasteiger partial charge is 0.336 e. The van der Waals surface area contributed by atoms with Gasteiger partial charge in [-0.25, -0.2) is 4.79 Å². The molecule has 8 nitrogen and oxygen atoms in total. The van der Waals surface area contributed by atoms with Crippen LogP contribution in [0.15, 0.2) is 33.5 Å². The van der Waals surface area contributed by atoms with Crippen LogP contribution in [0.3, 0.4) is 0 Å². The summed E-state index contributed by atoms with van der Waals surface area (Å²) >= 11 is 0. The highest BCUT2D eigenvalue weighted by molar-refractivity contribution is 5.81. The number of benzene rings is 1. The zero-order chi connectivity index (χ0) is 18.8. The number of hydrogen-bond donors (Lipinski definition) is 4. The minimum Gasteiger partial charge on any atom is -0.462 e. The molecule has 26 heavy (non-hydrogen) atoms. The number of hydrogen-bond acceptors (Lipinski definition) is 8. The van der Waals surface area contributed by atoms with Crippen LogP contribution in [-0.2, 0) is 11.2 Å². The maximum Gasteiger partial charge on any atom is 0.336 e. The van der Waals surface area contributed by atoms with Crippen molar-refractivity contribution in [2.45, 2.75) is 50.5 Å². The monoisotopic (exact) mass is 366 g/mol. The third-order valence-corrected chi connectivity index (χ3v) is 4.42. The van der Waals surface area contributed by atoms with E-state index in [-0.39, 0.29) is 5.75 Å². The van der Waals surface area contributed by atoms with Crippen molar-refractivity contribution in [1.82, 2.24) is 0 Å². The largest absolute Gasteiger partial charge is 0.462 e. The Morgan fingerprint density at radius 2 is 1.88 bits per heavy atom. The second-order valence-electron chi connectivity index (χ2n) is 6.31. The van der Waals surface area contributed by atoms with Gasteiger partial charge in [-0.3, -0.25) is 0 Å². The maximum absolute atomic E-state index is 11.7. The molecule has 0 radical (unpaired) electrons. The van der Waals surface area contributed by atoms with Crippen molar-refractivity contribution >= 4 is 11.0 Å². The molecule has 0 spiro atoms. The summed E-state index contributed by atoms with van der Waals surface area (Å²) in [5.74, 6) is 0.249. The van der Waals surface area contributed by atoms with Crippen molar-refractivity contribution in [2.24, 2.45) is 0 Å². The fraction of sp³-hybridized carbons (Fsp3) is 0.500. The molecule has 1 aromatic carbocycles. The van der Waals surface area contributed by atoms with Gasteiger partial charge in [0.05, 0.1) is 6.61 Å². The second-order valence-corrected chi connectivity index (χ2v) is 6.31. The molecule has 8 heteroatoms. The fourth-order valence-electron chi connectivity index (χ4n) is 3.06. The van der Waals surface area contributed by atoms with E-state index in [1.807, 2.05) is 6.92 Å². The van der Waals surface area contributed by atoms with Gasteiger partial charge in [-0.2, -0.15) is 0 Å². The first-order chi connectivity index (χ1) is 12.4. The van der Waals surface area contributed by atoms with E-state index < -0.39 is 42.9 Å². The first-order valence-corrected chi connectivity index (χ1v) is 8.48. The van der Waals surface area contributed by atoms with E-state index >= 15 is 0 Å². The molecule has 4 N–H and O–H groups in total. The van der Waals surface area contributed by atoms with Gasteiger partial charge in [0, 0.05) is 17.5 Å². The molecule has 1 aromatic heterocycles. The molecule has 3 rings (SSSR count). The Hall–Kier alpha value is -1.97. The minimum atomic E-state index is -1.53. The van der Waals surface area contributed by atoms with E-state index in [1.54, 1.807) is 12.1 Å². The summed E-state index contributed by atoms with van der Waals surface area (Å²) in [7, 11) is 0. The lowest BCUT2D eigenvalue weighted by atomic mass is 9.99. The Balaban J connectivity index is 1.88. The lowest BCUT2D eigenvalue weighted by Gasteiger charge is -2.39. The van der Waals surface area contributed by atoms with Crippen LogP contribution >= 0.6 is 0 Å². The summed E-state index contributed by atoms with van der Waals surface area (Å²) in [6.45, 7) is 1.47. The highest BCUT2D eigenvalue weighted by Gasteiger charge is 2.44. The van der Waals surface area contributed by atoms with E-state index in [0.717, 1.165) is 23.8 Å². The third kappa shape index (κ3) is 3.60. The van der Waals surface area contributed by atoms with Gasteiger partial charge in [0.2, 0.25) is 6.29 Å². The fourth-order valence-corrected chi connectivity index (χ4v) is 3.06. The van der Waals surface area contributed by atoms with Gasteiger partial charge in [0.25, 0.3) is 0 Å². The van der Waals surface area contributed by atoms with Gasteiger partial charge in [-0.1, -0.05) is 13.3 Å². The van der Waals surface area contributed by atoms with Crippen molar-refractivity contribution < 1.29 is 34.3 Å². The summed E-state index contributed by atoms with van der Waals surface area (Å²) in [6, 6.07) is 6.33. The molecule has 1 aliphatic heterocycles. The quantitative estimate of drug-likeness (QED) is 0.541. The lowest BCUT2D eigenvalue weighted by Crippen LogP contribution is -2.60. The minimum absolute atomic E-state index is 0.249. The summed E-state index contributed by atoms with van der Waals surface area (Å²) in [6.07, 6.45) is -5.25. The molecule has 0 saturated carbocycles. The summed E-state index contributed by atoms with van der Waals surface area (Å²) in [5.41, 5.74) is 0.743. The zero-order valence-electron chi connectivity index (χ0n) is 14.2. The SMILES string of the molecule is CCCc1cc(=O)oc2cc(O[C@H]3O[C@@H](CO)[C@H](O)[C@@H](O)[C@@H]3O)ccc12. The van der Waals surface area contributed by atoms with Gasteiger partial charge in [0.1, 0.15) is 35.7 Å². The molecule has 0 amide bonds. The Morgan fingerprint density at radius 1 is 1.12 bits per heavy atom. The van der Waals surface area contributed by atoms with E-state index in [4.69, 9.17) is 13.9 Å². The Bertz CT molecular complexity index is 814. The van der Waals surface area contributed by atoms with Crippen LogP contribution in [0.4, 0.5) is 0 Å². The van der Waals surface area contributed by atoms with Gasteiger partial charge in [-0.05, 0) is 24.1 Å². The Labute approximate surface area is 149 Å². The van der Waals surface area contributed by atoms with Crippen molar-refractivity contribution in [2.75, 3.05) is 6.61 Å². The van der Waals surface area contributed by atoms with Crippen LogP contribution in [0.25, 0.3) is 11.0 Å². The number of ether oxygens (including phenoxy) is 2. The molecule has 2 aromatic rings. The van der Waals surface area contributed by atoms with Gasteiger partial charge < -0.3 is 34.3 Å². The number of rotatable bonds is 5. The lowest BCUT2D eigenvalue weighted by molar-refractivity contribution is -0.277. The average Bonchev–Trinajstić information content (AvgIpc) is 2.62. The van der Waals surface area contributed by atoms with E-state index in [0.29, 0.717) is 5.58 Å². The molecule has 2 heterocycles. The second kappa shape index (κ2) is 7.73. The number of aryl methyl sites for hydroxylation is 1. The van der Waals surface area contributed by atoms with Gasteiger partial charge in [0.15, 0.2) is 0 Å². The molecule has 1 saturated heterocycles. The van der Waals surface area contributed by atoms with E-state index in [1.165, 1.54) is 12.1 Å². The van der Waals surface area contributed by atoms with Gasteiger partial charge >= 0.3 is 5.63 Å². The molecule has 142 valence electrons. The molecule has 0 unspecified atom stereocenters. The van der Waals surface area contributed by atoms with Crippen LogP contribution in [0.5, 0.6) is 5.75 Å². The maximum atomic E-state index is 11.7. The number of aliphatic hydroxyl groups excluding tert-OH is 4. The highest BCUT2D eigenvalue weighted by Crippen LogP contribution is 2.27. The molecular formula is C18H22O8. The average molecular weight is 366 g/mol. The molecule has 1 aliphatic rings. The van der Waals surface area contributed by atoms with Crippen LogP contribution in [-0.4, -0.2) is 57.7 Å². The normalized spacial score (nSPS) is 29.0. The molecule has 1 fully saturated rings. The van der Waals surface area contributed by atoms with Crippen LogP contribution < -0.4 is 10.4 Å². The standard InChI is InChI=1S/C18H22O8/c1-2-3-9-6-14(20)25-12-7-10(4-5-11(9)12)24-18-17(23)16(22)15(21)13(8-19)26-18/h4-7,13,15-19,21-23H,2-3,8H2,1H3/t13-,15-,16+,17-,18-/m0/s1. The molecule has 5 atom stereocenters. The van der Waals surface area contributed by atoms with Crippen LogP contribution in [0.1, 0.15) is 18.9 Å². The first-order valence-electron chi connectivity index (χ1n) is 8.48. The summed E-state index contributed by atoms with van der Waals surface area (Å²) in [5, 5.41) is 39.7. The molecule has 0 aliphatic carbocycles. The van der Waals surface area contributed by atoms with Crippen molar-refractivity contribution in [3.05, 3.63) is 40.2 Å². The van der Waals surface area contributed by atoms with Gasteiger partial charge in [-0.15, -0.1) is 0 Å². The van der Waals surface area contributed by atoms with Crippen molar-refractivity contribution in [3.8, 4) is 5.75 Å². The van der Waals surface area contributed by atoms with E-state index in [9.17, 15) is 25.2 Å². The summed E-state index contributed by atoms with van der Waals surface area (Å²) in [4.78, 5) is 11.7. The first kappa shape index (κ1) is 18.8. The molecule has 0 bridgehead atoms. The number of fused-ring (bicyclic) bond motifs is 1. The predicted molar refractivity (Wildman–Crippen MR) is 90.9 cm³/mol. The third-order valence-electron chi connectivity index (χ3n) is 4.42. The number of aliphatic hydroxyl groups is 4.